The fourth-order valence-electron chi connectivity index (χ4n) is 1.84. The molecule has 0 bridgehead atoms. The van der Waals surface area contributed by atoms with Crippen LogP contribution in [0.3, 0.4) is 0 Å². The van der Waals surface area contributed by atoms with Gasteiger partial charge in [-0.05, 0) is 24.6 Å². The summed E-state index contributed by atoms with van der Waals surface area (Å²) in [5, 5.41) is 5.36. The average molecular weight is 497 g/mol. The first-order valence-electron chi connectivity index (χ1n) is 7.45. The van der Waals surface area contributed by atoms with Gasteiger partial charge in [0.05, 0.1) is 20.1 Å². The molecule has 0 aliphatic rings. The molecule has 0 atom stereocenters. The number of halogens is 6. The maximum absolute atomic E-state index is 12.4. The smallest absolute Gasteiger partial charge is 0.390 e. The summed E-state index contributed by atoms with van der Waals surface area (Å²) in [4.78, 5) is 4.12. The number of ether oxygens (including phenoxy) is 2. The Hall–Kier alpha value is -1.53. The van der Waals surface area contributed by atoms with Crippen LogP contribution in [0.2, 0.25) is 0 Å². The topological polar surface area (TPSA) is 54.9 Å². The highest BCUT2D eigenvalue weighted by Crippen LogP contribution is 2.29. The minimum atomic E-state index is -4.26. The number of nitrogens with one attached hydrogen (secondary N) is 2. The maximum Gasteiger partial charge on any atom is 0.390 e. The fraction of sp³-hybridized carbons (Fsp3) is 0.533. The van der Waals surface area contributed by atoms with E-state index in [0.717, 1.165) is 0 Å². The largest absolute Gasteiger partial charge is 0.493 e. The molecule has 11 heteroatoms. The number of benzene rings is 1. The van der Waals surface area contributed by atoms with Crippen molar-refractivity contribution in [3.8, 4) is 11.5 Å². The third kappa shape index (κ3) is 9.82. The fourth-order valence-corrected chi connectivity index (χ4v) is 1.84. The van der Waals surface area contributed by atoms with Gasteiger partial charge in [0.25, 0.3) is 0 Å². The molecule has 0 aliphatic carbocycles. The van der Waals surface area contributed by atoms with Crippen LogP contribution in [0.4, 0.5) is 22.0 Å². The van der Waals surface area contributed by atoms with Gasteiger partial charge >= 0.3 is 12.8 Å². The van der Waals surface area contributed by atoms with Gasteiger partial charge in [0.15, 0.2) is 17.5 Å². The molecule has 0 radical (unpaired) electrons. The lowest BCUT2D eigenvalue weighted by molar-refractivity contribution is -0.132. The lowest BCUT2D eigenvalue weighted by atomic mass is 10.2. The molecule has 0 unspecified atom stereocenters. The van der Waals surface area contributed by atoms with Crippen LogP contribution in [0.25, 0.3) is 0 Å². The molecule has 0 saturated heterocycles. The summed E-state index contributed by atoms with van der Waals surface area (Å²) in [6.45, 7) is -1.04. The van der Waals surface area contributed by atoms with Crippen LogP contribution >= 0.6 is 24.0 Å². The third-order valence-corrected chi connectivity index (χ3v) is 2.91. The van der Waals surface area contributed by atoms with Gasteiger partial charge in [-0.2, -0.15) is 22.0 Å². The Morgan fingerprint density at radius 2 is 1.88 bits per heavy atom. The van der Waals surface area contributed by atoms with Crippen LogP contribution in [0.15, 0.2) is 23.2 Å². The Morgan fingerprint density at radius 1 is 1.19 bits per heavy atom. The second-order valence-corrected chi connectivity index (χ2v) is 4.85. The zero-order chi connectivity index (χ0) is 18.9. The normalized spacial score (nSPS) is 11.8. The lowest BCUT2D eigenvalue weighted by Gasteiger charge is -2.13. The Balaban J connectivity index is 0.00000625. The molecule has 0 spiro atoms. The molecule has 1 rings (SSSR count). The molecule has 0 fully saturated rings. The second-order valence-electron chi connectivity index (χ2n) is 4.85. The molecule has 0 amide bonds. The van der Waals surface area contributed by atoms with Crippen molar-refractivity contribution in [1.82, 2.24) is 10.6 Å². The minimum Gasteiger partial charge on any atom is -0.493 e. The number of nitrogens with zero attached hydrogens (tertiary/aromatic N) is 1. The van der Waals surface area contributed by atoms with Crippen molar-refractivity contribution >= 4 is 29.9 Å². The molecule has 26 heavy (non-hydrogen) atoms. The standard InChI is InChI=1S/C15H20F5N3O2.HI/c1-3-21-14(22-7-6-15(18,19)20)23-9-10-4-5-11(24-2)12(8-10)25-13(16)17;/h4-5,8,13H,3,6-7,9H2,1-2H3,(H2,21,22,23);1H. The Kier molecular flexibility index (Phi) is 11.3. The van der Waals surface area contributed by atoms with E-state index in [-0.39, 0.29) is 54.5 Å². The molecule has 0 aromatic heterocycles. The lowest BCUT2D eigenvalue weighted by Crippen LogP contribution is -2.38. The van der Waals surface area contributed by atoms with Crippen molar-refractivity contribution in [2.24, 2.45) is 4.99 Å². The van der Waals surface area contributed by atoms with E-state index in [1.54, 1.807) is 13.0 Å². The van der Waals surface area contributed by atoms with Crippen LogP contribution in [-0.2, 0) is 6.54 Å². The van der Waals surface area contributed by atoms with E-state index in [9.17, 15) is 22.0 Å². The molecule has 5 nitrogen and oxygen atoms in total. The monoisotopic (exact) mass is 497 g/mol. The molecule has 1 aromatic carbocycles. The maximum atomic E-state index is 12.4. The van der Waals surface area contributed by atoms with Gasteiger partial charge in [-0.3, -0.25) is 0 Å². The van der Waals surface area contributed by atoms with Gasteiger partial charge in [-0.15, -0.1) is 24.0 Å². The number of alkyl halides is 5. The highest BCUT2D eigenvalue weighted by Gasteiger charge is 2.26. The van der Waals surface area contributed by atoms with E-state index >= 15 is 0 Å². The number of aliphatic imine (C=N–C) groups is 1. The van der Waals surface area contributed by atoms with E-state index in [2.05, 4.69) is 20.4 Å². The van der Waals surface area contributed by atoms with Crippen molar-refractivity contribution in [2.45, 2.75) is 32.7 Å². The Bertz CT molecular complexity index is 571. The van der Waals surface area contributed by atoms with Crippen LogP contribution in [-0.4, -0.2) is 38.9 Å². The Labute approximate surface area is 165 Å². The summed E-state index contributed by atoms with van der Waals surface area (Å²) in [6, 6.07) is 4.39. The third-order valence-electron chi connectivity index (χ3n) is 2.91. The van der Waals surface area contributed by atoms with Gasteiger partial charge < -0.3 is 20.1 Å². The highest BCUT2D eigenvalue weighted by atomic mass is 127. The van der Waals surface area contributed by atoms with E-state index in [1.165, 1.54) is 19.2 Å². The van der Waals surface area contributed by atoms with Crippen LogP contribution < -0.4 is 20.1 Å². The minimum absolute atomic E-state index is 0. The number of rotatable bonds is 8. The van der Waals surface area contributed by atoms with E-state index in [0.29, 0.717) is 12.1 Å². The molecule has 0 heterocycles. The Morgan fingerprint density at radius 3 is 2.42 bits per heavy atom. The number of methoxy groups -OCH3 is 1. The summed E-state index contributed by atoms with van der Waals surface area (Å²) >= 11 is 0. The van der Waals surface area contributed by atoms with Gasteiger partial charge in [0, 0.05) is 13.1 Å². The first-order valence-corrected chi connectivity index (χ1v) is 7.45. The highest BCUT2D eigenvalue weighted by molar-refractivity contribution is 14.0. The molecule has 2 N–H and O–H groups in total. The van der Waals surface area contributed by atoms with Gasteiger partial charge in [0.2, 0.25) is 0 Å². The molecule has 150 valence electrons. The SMILES string of the molecule is CCNC(=NCc1ccc(OC)c(OC(F)F)c1)NCCC(F)(F)F.I. The molecule has 0 saturated carbocycles. The van der Waals surface area contributed by atoms with Gasteiger partial charge in [-0.25, -0.2) is 4.99 Å². The number of guanidine groups is 1. The summed E-state index contributed by atoms with van der Waals surface area (Å²) in [6.07, 6.45) is -5.26. The van der Waals surface area contributed by atoms with E-state index < -0.39 is 19.2 Å². The van der Waals surface area contributed by atoms with E-state index in [4.69, 9.17) is 4.74 Å². The summed E-state index contributed by atoms with van der Waals surface area (Å²) < 4.78 is 70.6. The predicted molar refractivity (Wildman–Crippen MR) is 98.5 cm³/mol. The van der Waals surface area contributed by atoms with Crippen molar-refractivity contribution in [2.75, 3.05) is 20.2 Å². The molecular weight excluding hydrogens is 476 g/mol. The summed E-state index contributed by atoms with van der Waals surface area (Å²) in [5.74, 6) is 0.197. The van der Waals surface area contributed by atoms with E-state index in [1.807, 2.05) is 0 Å². The first kappa shape index (κ1) is 24.5. The number of hydrogen-bond donors (Lipinski definition) is 2. The molecular formula is C15H21F5IN3O2. The van der Waals surface area contributed by atoms with Crippen molar-refractivity contribution < 1.29 is 31.4 Å². The van der Waals surface area contributed by atoms with Crippen molar-refractivity contribution in [3.05, 3.63) is 23.8 Å². The van der Waals surface area contributed by atoms with Crippen molar-refractivity contribution in [1.29, 1.82) is 0 Å². The van der Waals surface area contributed by atoms with Crippen LogP contribution in [0.5, 0.6) is 11.5 Å². The summed E-state index contributed by atoms with van der Waals surface area (Å²) in [7, 11) is 1.32. The van der Waals surface area contributed by atoms with Crippen molar-refractivity contribution in [3.63, 3.8) is 0 Å². The first-order chi connectivity index (χ1) is 11.7. The van der Waals surface area contributed by atoms with Crippen LogP contribution in [0.1, 0.15) is 18.9 Å². The zero-order valence-electron chi connectivity index (χ0n) is 14.2. The average Bonchev–Trinajstić information content (AvgIpc) is 2.51. The van der Waals surface area contributed by atoms with Crippen LogP contribution in [0, 0.1) is 0 Å². The summed E-state index contributed by atoms with van der Waals surface area (Å²) in [5.41, 5.74) is 0.532. The van der Waals surface area contributed by atoms with Gasteiger partial charge in [-0.1, -0.05) is 6.07 Å². The van der Waals surface area contributed by atoms with Gasteiger partial charge in [0.1, 0.15) is 0 Å². The predicted octanol–water partition coefficient (Wildman–Crippen LogP) is 3.92. The molecule has 0 aliphatic heterocycles. The quantitative estimate of drug-likeness (QED) is 0.248. The molecule has 1 aromatic rings. The zero-order valence-corrected chi connectivity index (χ0v) is 16.5. The number of hydrogen-bond acceptors (Lipinski definition) is 3. The second kappa shape index (κ2) is 12.0.